The fourth-order valence-electron chi connectivity index (χ4n) is 2.52. The highest BCUT2D eigenvalue weighted by molar-refractivity contribution is 5.58. The van der Waals surface area contributed by atoms with Gasteiger partial charge in [0.15, 0.2) is 0 Å². The summed E-state index contributed by atoms with van der Waals surface area (Å²) in [5.41, 5.74) is 0.652. The number of aromatic nitrogens is 2. The highest BCUT2D eigenvalue weighted by Gasteiger charge is 2.33. The smallest absolute Gasteiger partial charge is 0.135 e. The molecule has 3 N–H and O–H groups in total. The van der Waals surface area contributed by atoms with Gasteiger partial charge >= 0.3 is 0 Å². The summed E-state index contributed by atoms with van der Waals surface area (Å²) >= 11 is 0. The molecule has 0 bridgehead atoms. The first-order valence-electron chi connectivity index (χ1n) is 7.72. The minimum Gasteiger partial charge on any atom is -0.394 e. The highest BCUT2D eigenvalue weighted by Crippen LogP contribution is 2.28. The lowest BCUT2D eigenvalue weighted by Crippen LogP contribution is -2.47. The van der Waals surface area contributed by atoms with E-state index in [-0.39, 0.29) is 12.1 Å². The van der Waals surface area contributed by atoms with Crippen LogP contribution in [0.3, 0.4) is 0 Å². The molecule has 1 saturated heterocycles. The summed E-state index contributed by atoms with van der Waals surface area (Å²) in [4.78, 5) is 9.14. The normalized spacial score (nSPS) is 17.5. The Balaban J connectivity index is 2.30. The Morgan fingerprint density at radius 1 is 1.19 bits per heavy atom. The van der Waals surface area contributed by atoms with Crippen molar-refractivity contribution in [2.45, 2.75) is 45.6 Å². The van der Waals surface area contributed by atoms with Crippen LogP contribution in [-0.4, -0.2) is 47.0 Å². The van der Waals surface area contributed by atoms with Gasteiger partial charge in [-0.15, -0.1) is 0 Å². The number of rotatable bonds is 6. The molecule has 0 spiro atoms. The molecule has 0 atom stereocenters. The van der Waals surface area contributed by atoms with Crippen LogP contribution in [0.2, 0.25) is 0 Å². The SMILES string of the molecule is CCNc1nc(CC)nc(NC2(CO)CCOCC2)c1C. The van der Waals surface area contributed by atoms with Gasteiger partial charge in [-0.25, -0.2) is 9.97 Å². The van der Waals surface area contributed by atoms with E-state index in [0.29, 0.717) is 13.2 Å². The second kappa shape index (κ2) is 7.04. The van der Waals surface area contributed by atoms with Gasteiger partial charge in [-0.3, -0.25) is 0 Å². The second-order valence-electron chi connectivity index (χ2n) is 5.52. The number of anilines is 2. The molecule has 6 heteroatoms. The van der Waals surface area contributed by atoms with E-state index in [1.165, 1.54) is 0 Å². The van der Waals surface area contributed by atoms with Crippen molar-refractivity contribution < 1.29 is 9.84 Å². The highest BCUT2D eigenvalue weighted by atomic mass is 16.5. The summed E-state index contributed by atoms with van der Waals surface area (Å²) in [5, 5.41) is 16.6. The maximum absolute atomic E-state index is 9.82. The monoisotopic (exact) mass is 294 g/mol. The van der Waals surface area contributed by atoms with Gasteiger partial charge < -0.3 is 20.5 Å². The van der Waals surface area contributed by atoms with Crippen LogP contribution in [0.4, 0.5) is 11.6 Å². The van der Waals surface area contributed by atoms with Crippen LogP contribution in [0.25, 0.3) is 0 Å². The lowest BCUT2D eigenvalue weighted by molar-refractivity contribution is 0.0378. The third-order valence-corrected chi connectivity index (χ3v) is 3.99. The van der Waals surface area contributed by atoms with Gasteiger partial charge in [-0.05, 0) is 26.7 Å². The molecule has 21 heavy (non-hydrogen) atoms. The van der Waals surface area contributed by atoms with E-state index in [4.69, 9.17) is 4.74 Å². The number of nitrogens with zero attached hydrogens (tertiary/aromatic N) is 2. The summed E-state index contributed by atoms with van der Waals surface area (Å²) in [6.07, 6.45) is 2.35. The summed E-state index contributed by atoms with van der Waals surface area (Å²) in [6, 6.07) is 0. The second-order valence-corrected chi connectivity index (χ2v) is 5.52. The van der Waals surface area contributed by atoms with E-state index in [1.54, 1.807) is 0 Å². The Labute approximate surface area is 126 Å². The molecule has 118 valence electrons. The number of aryl methyl sites for hydroxylation is 1. The van der Waals surface area contributed by atoms with Crippen LogP contribution in [0.15, 0.2) is 0 Å². The fourth-order valence-corrected chi connectivity index (χ4v) is 2.52. The van der Waals surface area contributed by atoms with E-state index in [0.717, 1.165) is 48.8 Å². The Hall–Kier alpha value is -1.40. The summed E-state index contributed by atoms with van der Waals surface area (Å²) in [6.45, 7) is 8.33. The Bertz CT molecular complexity index is 473. The summed E-state index contributed by atoms with van der Waals surface area (Å²) in [7, 11) is 0. The first-order valence-corrected chi connectivity index (χ1v) is 7.72. The van der Waals surface area contributed by atoms with Crippen molar-refractivity contribution in [2.75, 3.05) is 37.0 Å². The van der Waals surface area contributed by atoms with E-state index in [1.807, 2.05) is 20.8 Å². The van der Waals surface area contributed by atoms with Gasteiger partial charge in [0.25, 0.3) is 0 Å². The van der Waals surface area contributed by atoms with Crippen LogP contribution >= 0.6 is 0 Å². The van der Waals surface area contributed by atoms with E-state index < -0.39 is 0 Å². The zero-order valence-electron chi connectivity index (χ0n) is 13.2. The van der Waals surface area contributed by atoms with Gasteiger partial charge in [-0.1, -0.05) is 6.92 Å². The number of nitrogens with one attached hydrogen (secondary N) is 2. The van der Waals surface area contributed by atoms with Crippen LogP contribution < -0.4 is 10.6 Å². The maximum atomic E-state index is 9.82. The predicted octanol–water partition coefficient (Wildman–Crippen LogP) is 1.73. The molecule has 6 nitrogen and oxygen atoms in total. The molecule has 1 aliphatic rings. The molecule has 1 aromatic heterocycles. The largest absolute Gasteiger partial charge is 0.394 e. The average Bonchev–Trinajstić information content (AvgIpc) is 2.52. The average molecular weight is 294 g/mol. The van der Waals surface area contributed by atoms with Crippen LogP contribution in [-0.2, 0) is 11.2 Å². The number of aliphatic hydroxyl groups is 1. The molecule has 0 radical (unpaired) electrons. The Morgan fingerprint density at radius 2 is 1.86 bits per heavy atom. The zero-order valence-corrected chi connectivity index (χ0v) is 13.2. The topological polar surface area (TPSA) is 79.3 Å². The van der Waals surface area contributed by atoms with Crippen molar-refractivity contribution in [2.24, 2.45) is 0 Å². The molecule has 0 amide bonds. The van der Waals surface area contributed by atoms with E-state index >= 15 is 0 Å². The molecule has 0 aliphatic carbocycles. The van der Waals surface area contributed by atoms with Gasteiger partial charge in [-0.2, -0.15) is 0 Å². The minimum atomic E-state index is -0.341. The first kappa shape index (κ1) is 16.0. The first-order chi connectivity index (χ1) is 10.1. The Morgan fingerprint density at radius 3 is 2.43 bits per heavy atom. The number of aliphatic hydroxyl groups excluding tert-OH is 1. The molecule has 0 aromatic carbocycles. The summed E-state index contributed by atoms with van der Waals surface area (Å²) in [5.74, 6) is 2.49. The van der Waals surface area contributed by atoms with Crippen LogP contribution in [0.5, 0.6) is 0 Å². The Kier molecular flexibility index (Phi) is 5.36. The van der Waals surface area contributed by atoms with Crippen molar-refractivity contribution >= 4 is 11.6 Å². The lowest BCUT2D eigenvalue weighted by atomic mass is 9.91. The molecular weight excluding hydrogens is 268 g/mol. The predicted molar refractivity (Wildman–Crippen MR) is 83.8 cm³/mol. The zero-order chi connectivity index (χ0) is 15.3. The van der Waals surface area contributed by atoms with Gasteiger partial charge in [0.1, 0.15) is 17.5 Å². The van der Waals surface area contributed by atoms with Gasteiger partial charge in [0, 0.05) is 31.7 Å². The number of ether oxygens (including phenoxy) is 1. The van der Waals surface area contributed by atoms with Crippen molar-refractivity contribution in [1.82, 2.24) is 9.97 Å². The number of hydrogen-bond donors (Lipinski definition) is 3. The third-order valence-electron chi connectivity index (χ3n) is 3.99. The minimum absolute atomic E-state index is 0.0812. The molecule has 0 saturated carbocycles. The maximum Gasteiger partial charge on any atom is 0.135 e. The van der Waals surface area contributed by atoms with Crippen LogP contribution in [0, 0.1) is 6.92 Å². The van der Waals surface area contributed by atoms with Crippen molar-refractivity contribution in [1.29, 1.82) is 0 Å². The van der Waals surface area contributed by atoms with Gasteiger partial charge in [0.05, 0.1) is 12.1 Å². The molecular formula is C15H26N4O2. The molecule has 1 aliphatic heterocycles. The van der Waals surface area contributed by atoms with Crippen molar-refractivity contribution in [3.63, 3.8) is 0 Å². The lowest BCUT2D eigenvalue weighted by Gasteiger charge is -2.37. The standard InChI is InChI=1S/C15H26N4O2/c1-4-12-17-13(16-5-2)11(3)14(18-12)19-15(10-20)6-8-21-9-7-15/h20H,4-10H2,1-3H3,(H2,16,17,18,19). The molecule has 0 unspecified atom stereocenters. The van der Waals surface area contributed by atoms with E-state index in [9.17, 15) is 5.11 Å². The van der Waals surface area contributed by atoms with Crippen molar-refractivity contribution in [3.8, 4) is 0 Å². The molecule has 2 rings (SSSR count). The van der Waals surface area contributed by atoms with Crippen LogP contribution in [0.1, 0.15) is 38.1 Å². The van der Waals surface area contributed by atoms with E-state index in [2.05, 4.69) is 20.6 Å². The molecule has 2 heterocycles. The van der Waals surface area contributed by atoms with Gasteiger partial charge in [0.2, 0.25) is 0 Å². The molecule has 1 fully saturated rings. The fraction of sp³-hybridized carbons (Fsp3) is 0.733. The third kappa shape index (κ3) is 3.63. The number of hydrogen-bond acceptors (Lipinski definition) is 6. The molecule has 1 aromatic rings. The van der Waals surface area contributed by atoms with Crippen molar-refractivity contribution in [3.05, 3.63) is 11.4 Å². The quantitative estimate of drug-likeness (QED) is 0.741. The summed E-state index contributed by atoms with van der Waals surface area (Å²) < 4.78 is 5.41.